The number of nitrogens with one attached hydrogen (secondary N) is 1. The Morgan fingerprint density at radius 3 is 2.68 bits per heavy atom. The minimum atomic E-state index is -0.935. The number of carbonyl (C=O) groups excluding carboxylic acids is 1. The topological polar surface area (TPSA) is 66.4 Å². The fraction of sp³-hybridized carbons (Fsp3) is 0.333. The Bertz CT molecular complexity index is 546. The molecule has 0 heterocycles. The summed E-state index contributed by atoms with van der Waals surface area (Å²) in [6, 6.07) is 4.90. The molecule has 1 aliphatic carbocycles. The first-order valence-corrected chi connectivity index (χ1v) is 6.40. The number of aromatic carboxylic acids is 1. The van der Waals surface area contributed by atoms with Crippen molar-refractivity contribution in [1.29, 1.82) is 0 Å². The lowest BCUT2D eigenvalue weighted by Crippen LogP contribution is -2.10. The summed E-state index contributed by atoms with van der Waals surface area (Å²) in [6.45, 7) is 1.84. The van der Waals surface area contributed by atoms with Crippen molar-refractivity contribution in [3.8, 4) is 0 Å². The predicted octanol–water partition coefficient (Wildman–Crippen LogP) is 3.13. The Morgan fingerprint density at radius 2 is 2.05 bits per heavy atom. The molecule has 0 aliphatic heterocycles. The van der Waals surface area contributed by atoms with E-state index in [-0.39, 0.29) is 11.3 Å². The van der Waals surface area contributed by atoms with Crippen molar-refractivity contribution in [3.05, 3.63) is 41.1 Å². The van der Waals surface area contributed by atoms with Crippen LogP contribution < -0.4 is 5.32 Å². The van der Waals surface area contributed by atoms with E-state index in [0.29, 0.717) is 6.42 Å². The van der Waals surface area contributed by atoms with E-state index in [9.17, 15) is 9.59 Å². The van der Waals surface area contributed by atoms with Crippen molar-refractivity contribution in [3.63, 3.8) is 0 Å². The fourth-order valence-electron chi connectivity index (χ4n) is 2.18. The van der Waals surface area contributed by atoms with Gasteiger partial charge in [-0.1, -0.05) is 0 Å². The molecule has 4 heteroatoms. The second kappa shape index (κ2) is 5.69. The van der Waals surface area contributed by atoms with Gasteiger partial charge < -0.3 is 10.4 Å². The fourth-order valence-corrected chi connectivity index (χ4v) is 2.18. The minimum absolute atomic E-state index is 0.207. The molecule has 0 radical (unpaired) electrons. The number of carboxylic acid groups (broad SMARTS) is 1. The van der Waals surface area contributed by atoms with Crippen LogP contribution in [0.4, 0.5) is 5.69 Å². The first kappa shape index (κ1) is 13.3. The Morgan fingerprint density at radius 1 is 1.32 bits per heavy atom. The summed E-state index contributed by atoms with van der Waals surface area (Å²) in [7, 11) is 0. The van der Waals surface area contributed by atoms with Gasteiger partial charge >= 0.3 is 5.97 Å². The molecule has 0 saturated heterocycles. The normalized spacial score (nSPS) is 17.5. The highest BCUT2D eigenvalue weighted by atomic mass is 16.4. The van der Waals surface area contributed by atoms with Crippen LogP contribution in [-0.4, -0.2) is 16.9 Å². The van der Waals surface area contributed by atoms with Gasteiger partial charge in [0.1, 0.15) is 0 Å². The number of carboxylic acids is 1. The van der Waals surface area contributed by atoms with Gasteiger partial charge in [-0.2, -0.15) is 0 Å². The Balaban J connectivity index is 2.13. The van der Waals surface area contributed by atoms with E-state index in [0.717, 1.165) is 36.1 Å². The number of Topliss-reactive ketones (excluding diaryl/α,β-unsaturated/α-hetero) is 1. The van der Waals surface area contributed by atoms with E-state index in [1.54, 1.807) is 24.4 Å². The standard InChI is InChI=1S/C15H17NO3/c1-10-8-11(15(18)19)6-7-13(10)16-9-12-4-2-3-5-14(12)17/h6-9,16H,2-5H2,1H3,(H,18,19)/b12-9-. The molecule has 1 aromatic rings. The molecule has 0 bridgehead atoms. The molecule has 2 N–H and O–H groups in total. The van der Waals surface area contributed by atoms with E-state index in [1.165, 1.54) is 0 Å². The van der Waals surface area contributed by atoms with Crippen LogP contribution in [0.5, 0.6) is 0 Å². The van der Waals surface area contributed by atoms with Gasteiger partial charge in [0, 0.05) is 23.9 Å². The molecule has 1 aliphatic rings. The minimum Gasteiger partial charge on any atom is -0.478 e. The average molecular weight is 259 g/mol. The highest BCUT2D eigenvalue weighted by Crippen LogP contribution is 2.21. The number of aryl methyl sites for hydroxylation is 1. The maximum Gasteiger partial charge on any atom is 0.335 e. The summed E-state index contributed by atoms with van der Waals surface area (Å²) in [5, 5.41) is 12.0. The first-order chi connectivity index (χ1) is 9.08. The molecule has 0 atom stereocenters. The Labute approximate surface area is 112 Å². The largest absolute Gasteiger partial charge is 0.478 e. The smallest absolute Gasteiger partial charge is 0.335 e. The van der Waals surface area contributed by atoms with Crippen LogP contribution in [-0.2, 0) is 4.79 Å². The summed E-state index contributed by atoms with van der Waals surface area (Å²) in [5.74, 6) is -0.728. The molecule has 0 spiro atoms. The second-order valence-electron chi connectivity index (χ2n) is 4.78. The number of anilines is 1. The highest BCUT2D eigenvalue weighted by Gasteiger charge is 2.14. The van der Waals surface area contributed by atoms with Crippen LogP contribution in [0.15, 0.2) is 30.0 Å². The SMILES string of the molecule is Cc1cc(C(=O)O)ccc1N/C=C1/CCCCC1=O. The number of allylic oxidation sites excluding steroid dienone is 1. The van der Waals surface area contributed by atoms with Crippen molar-refractivity contribution in [2.24, 2.45) is 0 Å². The first-order valence-electron chi connectivity index (χ1n) is 6.40. The number of carbonyl (C=O) groups is 2. The van der Waals surface area contributed by atoms with Crippen molar-refractivity contribution in [2.45, 2.75) is 32.6 Å². The summed E-state index contributed by atoms with van der Waals surface area (Å²) in [4.78, 5) is 22.5. The molecular formula is C15H17NO3. The molecule has 0 amide bonds. The number of hydrogen-bond acceptors (Lipinski definition) is 3. The number of hydrogen-bond donors (Lipinski definition) is 2. The summed E-state index contributed by atoms with van der Waals surface area (Å²) >= 11 is 0. The zero-order valence-corrected chi connectivity index (χ0v) is 10.9. The number of benzene rings is 1. The Kier molecular flexibility index (Phi) is 4.00. The molecular weight excluding hydrogens is 242 g/mol. The van der Waals surface area contributed by atoms with Crippen molar-refractivity contribution in [2.75, 3.05) is 5.32 Å². The van der Waals surface area contributed by atoms with Crippen LogP contribution >= 0.6 is 0 Å². The maximum atomic E-state index is 11.7. The average Bonchev–Trinajstić information content (AvgIpc) is 2.39. The van der Waals surface area contributed by atoms with Gasteiger partial charge in [-0.15, -0.1) is 0 Å². The second-order valence-corrected chi connectivity index (χ2v) is 4.78. The van der Waals surface area contributed by atoms with Gasteiger partial charge in [-0.3, -0.25) is 4.79 Å². The zero-order valence-electron chi connectivity index (χ0n) is 10.9. The molecule has 4 nitrogen and oxygen atoms in total. The van der Waals surface area contributed by atoms with E-state index in [2.05, 4.69) is 5.32 Å². The third kappa shape index (κ3) is 3.22. The third-order valence-corrected chi connectivity index (χ3v) is 3.33. The Hall–Kier alpha value is -2.10. The maximum absolute atomic E-state index is 11.7. The summed E-state index contributed by atoms with van der Waals surface area (Å²) in [5.41, 5.74) is 2.77. The summed E-state index contributed by atoms with van der Waals surface area (Å²) < 4.78 is 0. The molecule has 19 heavy (non-hydrogen) atoms. The lowest BCUT2D eigenvalue weighted by atomic mass is 9.94. The van der Waals surface area contributed by atoms with Gasteiger partial charge in [0.15, 0.2) is 5.78 Å². The van der Waals surface area contributed by atoms with Crippen LogP contribution in [0.2, 0.25) is 0 Å². The van der Waals surface area contributed by atoms with Crippen LogP contribution in [0.1, 0.15) is 41.6 Å². The number of rotatable bonds is 3. The van der Waals surface area contributed by atoms with Gasteiger partial charge in [0.2, 0.25) is 0 Å². The third-order valence-electron chi connectivity index (χ3n) is 3.33. The van der Waals surface area contributed by atoms with Crippen LogP contribution in [0.3, 0.4) is 0 Å². The lowest BCUT2D eigenvalue weighted by Gasteiger charge is -2.13. The molecule has 1 saturated carbocycles. The van der Waals surface area contributed by atoms with E-state index in [4.69, 9.17) is 5.11 Å². The van der Waals surface area contributed by atoms with Gasteiger partial charge in [0.25, 0.3) is 0 Å². The van der Waals surface area contributed by atoms with Crippen molar-refractivity contribution >= 4 is 17.4 Å². The van der Waals surface area contributed by atoms with E-state index in [1.807, 2.05) is 6.92 Å². The summed E-state index contributed by atoms with van der Waals surface area (Å²) in [6.07, 6.45) is 5.23. The van der Waals surface area contributed by atoms with Gasteiger partial charge in [-0.25, -0.2) is 4.79 Å². The predicted molar refractivity (Wildman–Crippen MR) is 73.3 cm³/mol. The molecule has 1 aromatic carbocycles. The molecule has 0 aromatic heterocycles. The lowest BCUT2D eigenvalue weighted by molar-refractivity contribution is -0.116. The van der Waals surface area contributed by atoms with Crippen molar-refractivity contribution < 1.29 is 14.7 Å². The molecule has 100 valence electrons. The van der Waals surface area contributed by atoms with E-state index < -0.39 is 5.97 Å². The van der Waals surface area contributed by atoms with Gasteiger partial charge in [-0.05, 0) is 49.9 Å². The highest BCUT2D eigenvalue weighted by molar-refractivity contribution is 5.96. The number of ketones is 1. The zero-order chi connectivity index (χ0) is 13.8. The molecule has 1 fully saturated rings. The van der Waals surface area contributed by atoms with E-state index >= 15 is 0 Å². The monoisotopic (exact) mass is 259 g/mol. The molecule has 0 unspecified atom stereocenters. The molecule has 2 rings (SSSR count). The van der Waals surface area contributed by atoms with Crippen LogP contribution in [0, 0.1) is 6.92 Å². The van der Waals surface area contributed by atoms with Gasteiger partial charge in [0.05, 0.1) is 5.56 Å². The quantitative estimate of drug-likeness (QED) is 0.818. The van der Waals surface area contributed by atoms with Crippen LogP contribution in [0.25, 0.3) is 0 Å². The van der Waals surface area contributed by atoms with Crippen molar-refractivity contribution in [1.82, 2.24) is 0 Å².